The van der Waals surface area contributed by atoms with Crippen molar-refractivity contribution < 1.29 is 28.5 Å². The van der Waals surface area contributed by atoms with E-state index in [1.807, 2.05) is 28.2 Å². The Balaban J connectivity index is 2.14. The van der Waals surface area contributed by atoms with Crippen LogP contribution in [0.5, 0.6) is 0 Å². The molecular formula is C31H60N2O6. The van der Waals surface area contributed by atoms with Crippen molar-refractivity contribution >= 4 is 11.9 Å². The monoisotopic (exact) mass is 556 g/mol. The van der Waals surface area contributed by atoms with E-state index in [1.165, 1.54) is 89.9 Å². The van der Waals surface area contributed by atoms with Crippen molar-refractivity contribution in [2.75, 3.05) is 54.5 Å². The topological polar surface area (TPSA) is 77.5 Å². The van der Waals surface area contributed by atoms with E-state index in [0.29, 0.717) is 13.0 Å². The Kier molecular flexibility index (Phi) is 21.6. The molecule has 1 aliphatic heterocycles. The molecule has 0 radical (unpaired) electrons. The fraction of sp³-hybridized carbons (Fsp3) is 0.935. The van der Waals surface area contributed by atoms with Gasteiger partial charge in [-0.25, -0.2) is 0 Å². The van der Waals surface area contributed by atoms with Gasteiger partial charge in [-0.2, -0.15) is 0 Å². The highest BCUT2D eigenvalue weighted by molar-refractivity contribution is 5.72. The molecule has 230 valence electrons. The summed E-state index contributed by atoms with van der Waals surface area (Å²) in [6, 6.07) is 0. The summed E-state index contributed by atoms with van der Waals surface area (Å²) in [6.45, 7) is 3.41. The Morgan fingerprint density at radius 1 is 0.692 bits per heavy atom. The van der Waals surface area contributed by atoms with Crippen LogP contribution in [0.25, 0.3) is 0 Å². The number of carbonyl (C=O) groups excluding carboxylic acids is 2. The molecule has 39 heavy (non-hydrogen) atoms. The quantitative estimate of drug-likeness (QED) is 0.101. The van der Waals surface area contributed by atoms with Crippen molar-refractivity contribution in [1.29, 1.82) is 0 Å². The molecule has 8 heteroatoms. The van der Waals surface area contributed by atoms with E-state index in [1.54, 1.807) is 9.80 Å². The molecule has 0 aliphatic carbocycles. The number of hydrogen-bond acceptors (Lipinski definition) is 8. The zero-order valence-corrected chi connectivity index (χ0v) is 25.9. The standard InChI is InChI=1S/C31H60N2O6/c1-6-7-8-9-10-11-12-13-14-15-16-17-18-19-20-21-22-36-28-23-27(26-37-29(34)24-32(2)3)38-31(28)39-30(35)25-33(4)5/h27-28,31H,6-26H2,1-5H3. The maximum Gasteiger partial charge on any atom is 0.322 e. The fourth-order valence-corrected chi connectivity index (χ4v) is 4.86. The summed E-state index contributed by atoms with van der Waals surface area (Å²) in [5.41, 5.74) is 0. The van der Waals surface area contributed by atoms with Gasteiger partial charge >= 0.3 is 11.9 Å². The van der Waals surface area contributed by atoms with Gasteiger partial charge in [0.25, 0.3) is 0 Å². The molecule has 1 rings (SSSR count). The van der Waals surface area contributed by atoms with Gasteiger partial charge in [0.15, 0.2) is 0 Å². The number of likely N-dealkylation sites (N-methyl/N-ethyl adjacent to an activating group) is 2. The number of ether oxygens (including phenoxy) is 4. The third-order valence-electron chi connectivity index (χ3n) is 7.02. The molecule has 0 bridgehead atoms. The molecule has 0 N–H and O–H groups in total. The van der Waals surface area contributed by atoms with Crippen LogP contribution in [0.2, 0.25) is 0 Å². The van der Waals surface area contributed by atoms with Crippen LogP contribution in [0.4, 0.5) is 0 Å². The minimum atomic E-state index is -0.768. The van der Waals surface area contributed by atoms with Crippen molar-refractivity contribution in [3.05, 3.63) is 0 Å². The first-order chi connectivity index (χ1) is 18.8. The van der Waals surface area contributed by atoms with Crippen molar-refractivity contribution in [3.8, 4) is 0 Å². The molecule has 1 fully saturated rings. The Labute approximate surface area is 239 Å². The molecule has 0 aromatic heterocycles. The number of nitrogens with zero attached hydrogens (tertiary/aromatic N) is 2. The van der Waals surface area contributed by atoms with Gasteiger partial charge in [-0.1, -0.05) is 103 Å². The highest BCUT2D eigenvalue weighted by Gasteiger charge is 2.39. The van der Waals surface area contributed by atoms with Crippen LogP contribution in [0.1, 0.15) is 116 Å². The number of unbranched alkanes of at least 4 members (excludes halogenated alkanes) is 15. The van der Waals surface area contributed by atoms with Crippen molar-refractivity contribution in [2.24, 2.45) is 0 Å². The highest BCUT2D eigenvalue weighted by atomic mass is 16.7. The lowest BCUT2D eigenvalue weighted by Gasteiger charge is -2.20. The summed E-state index contributed by atoms with van der Waals surface area (Å²) >= 11 is 0. The first-order valence-electron chi connectivity index (χ1n) is 15.7. The lowest BCUT2D eigenvalue weighted by Crippen LogP contribution is -2.34. The molecule has 0 aromatic rings. The average molecular weight is 557 g/mol. The second-order valence-corrected chi connectivity index (χ2v) is 11.7. The van der Waals surface area contributed by atoms with E-state index in [-0.39, 0.29) is 43.8 Å². The first-order valence-corrected chi connectivity index (χ1v) is 15.7. The van der Waals surface area contributed by atoms with Crippen molar-refractivity contribution in [3.63, 3.8) is 0 Å². The van der Waals surface area contributed by atoms with Gasteiger partial charge in [-0.15, -0.1) is 0 Å². The third kappa shape index (κ3) is 20.3. The van der Waals surface area contributed by atoms with E-state index >= 15 is 0 Å². The molecule has 0 amide bonds. The van der Waals surface area contributed by atoms with Gasteiger partial charge in [0.1, 0.15) is 12.7 Å². The van der Waals surface area contributed by atoms with E-state index in [4.69, 9.17) is 18.9 Å². The summed E-state index contributed by atoms with van der Waals surface area (Å²) in [6.07, 6.45) is 20.4. The van der Waals surface area contributed by atoms with Gasteiger partial charge in [-0.05, 0) is 34.6 Å². The SMILES string of the molecule is CCCCCCCCCCCCCCCCCCOC1CC(COC(=O)CN(C)C)OC1OC(=O)CN(C)C. The van der Waals surface area contributed by atoms with Gasteiger partial charge in [0, 0.05) is 13.0 Å². The Morgan fingerprint density at radius 2 is 1.15 bits per heavy atom. The second-order valence-electron chi connectivity index (χ2n) is 11.7. The molecule has 3 atom stereocenters. The third-order valence-corrected chi connectivity index (χ3v) is 7.02. The summed E-state index contributed by atoms with van der Waals surface area (Å²) in [4.78, 5) is 27.6. The molecule has 0 spiro atoms. The van der Waals surface area contributed by atoms with Gasteiger partial charge in [0.05, 0.1) is 19.2 Å². The molecular weight excluding hydrogens is 496 g/mol. The van der Waals surface area contributed by atoms with Crippen molar-refractivity contribution in [2.45, 2.75) is 135 Å². The van der Waals surface area contributed by atoms with E-state index in [2.05, 4.69) is 6.92 Å². The second kappa shape index (κ2) is 23.5. The fourth-order valence-electron chi connectivity index (χ4n) is 4.86. The Morgan fingerprint density at radius 3 is 1.64 bits per heavy atom. The summed E-state index contributed by atoms with van der Waals surface area (Å²) in [5, 5.41) is 0. The molecule has 1 heterocycles. The zero-order valence-electron chi connectivity index (χ0n) is 25.9. The maximum atomic E-state index is 12.2. The molecule has 1 saturated heterocycles. The average Bonchev–Trinajstić information content (AvgIpc) is 3.24. The zero-order chi connectivity index (χ0) is 28.7. The first kappa shape index (κ1) is 35.8. The van der Waals surface area contributed by atoms with Crippen LogP contribution < -0.4 is 0 Å². The normalized spacial score (nSPS) is 19.2. The summed E-state index contributed by atoms with van der Waals surface area (Å²) < 4.78 is 22.8. The number of esters is 2. The van der Waals surface area contributed by atoms with Gasteiger partial charge < -0.3 is 18.9 Å². The van der Waals surface area contributed by atoms with Gasteiger partial charge in [0.2, 0.25) is 6.29 Å². The summed E-state index contributed by atoms with van der Waals surface area (Å²) in [5.74, 6) is -0.659. The van der Waals surface area contributed by atoms with E-state index in [9.17, 15) is 9.59 Å². The predicted molar refractivity (Wildman–Crippen MR) is 157 cm³/mol. The molecule has 0 aromatic carbocycles. The Hall–Kier alpha value is -1.22. The van der Waals surface area contributed by atoms with E-state index < -0.39 is 6.29 Å². The molecule has 3 unspecified atom stereocenters. The largest absolute Gasteiger partial charge is 0.462 e. The van der Waals surface area contributed by atoms with Crippen LogP contribution in [-0.2, 0) is 28.5 Å². The molecule has 1 aliphatic rings. The Bertz CT molecular complexity index is 616. The van der Waals surface area contributed by atoms with Crippen LogP contribution >= 0.6 is 0 Å². The van der Waals surface area contributed by atoms with E-state index in [0.717, 1.165) is 12.8 Å². The van der Waals surface area contributed by atoms with Crippen LogP contribution in [0, 0.1) is 0 Å². The summed E-state index contributed by atoms with van der Waals surface area (Å²) in [7, 11) is 7.26. The molecule has 8 nitrogen and oxygen atoms in total. The van der Waals surface area contributed by atoms with Crippen LogP contribution in [0.15, 0.2) is 0 Å². The predicted octanol–water partition coefficient (Wildman–Crippen LogP) is 5.96. The van der Waals surface area contributed by atoms with Gasteiger partial charge in [-0.3, -0.25) is 19.4 Å². The smallest absolute Gasteiger partial charge is 0.322 e. The number of rotatable bonds is 25. The highest BCUT2D eigenvalue weighted by Crippen LogP contribution is 2.25. The number of carbonyl (C=O) groups is 2. The lowest BCUT2D eigenvalue weighted by molar-refractivity contribution is -0.196. The maximum absolute atomic E-state index is 12.2. The van der Waals surface area contributed by atoms with Crippen LogP contribution in [0.3, 0.4) is 0 Å². The van der Waals surface area contributed by atoms with Crippen molar-refractivity contribution in [1.82, 2.24) is 9.80 Å². The van der Waals surface area contributed by atoms with Crippen LogP contribution in [-0.4, -0.2) is 94.7 Å². The molecule has 0 saturated carbocycles. The number of hydrogen-bond donors (Lipinski definition) is 0. The minimum Gasteiger partial charge on any atom is -0.462 e. The lowest BCUT2D eigenvalue weighted by atomic mass is 10.0. The minimum absolute atomic E-state index is 0.132.